The van der Waals surface area contributed by atoms with E-state index in [1.807, 2.05) is 7.05 Å². The highest BCUT2D eigenvalue weighted by atomic mass is 127. The first-order chi connectivity index (χ1) is 10.1. The molecule has 1 fully saturated rings. The molecular weight excluding hydrogens is 393 g/mol. The van der Waals surface area contributed by atoms with Crippen LogP contribution in [0.5, 0.6) is 0 Å². The van der Waals surface area contributed by atoms with Gasteiger partial charge in [-0.05, 0) is 24.6 Å². The monoisotopic (exact) mass is 415 g/mol. The van der Waals surface area contributed by atoms with E-state index in [1.54, 1.807) is 0 Å². The average Bonchev–Trinajstić information content (AvgIpc) is 2.81. The lowest BCUT2D eigenvalue weighted by atomic mass is 10.2. The number of fused-ring (bicyclic) bond motifs is 1. The first kappa shape index (κ1) is 17.0. The second kappa shape index (κ2) is 7.28. The molecule has 0 amide bonds. The predicted octanol–water partition coefficient (Wildman–Crippen LogP) is 1.65. The Bertz CT molecular complexity index is 676. The second-order valence-corrected chi connectivity index (χ2v) is 5.35. The topological polar surface area (TPSA) is 68.7 Å². The van der Waals surface area contributed by atoms with Crippen molar-refractivity contribution in [2.75, 3.05) is 26.3 Å². The third-order valence-electron chi connectivity index (χ3n) is 3.85. The van der Waals surface area contributed by atoms with Crippen molar-refractivity contribution in [3.05, 3.63) is 29.6 Å². The second-order valence-electron chi connectivity index (χ2n) is 5.35. The number of aromatic nitrogens is 2. The van der Waals surface area contributed by atoms with Gasteiger partial charge in [-0.1, -0.05) is 6.07 Å². The Balaban J connectivity index is 0.00000176. The standard InChI is InChI=1S/C15H21N5O.HI/c1-11-3-4-13-12(9-11)18-14(19(13)2)10-17-15(16)20-5-7-21-8-6-20;/h3-4,9H,5-8,10H2,1-2H3,(H2,16,17);1H. The highest BCUT2D eigenvalue weighted by Crippen LogP contribution is 2.17. The van der Waals surface area contributed by atoms with Crippen LogP contribution in [0.25, 0.3) is 11.0 Å². The van der Waals surface area contributed by atoms with Crippen molar-refractivity contribution in [1.29, 1.82) is 0 Å². The summed E-state index contributed by atoms with van der Waals surface area (Å²) in [6, 6.07) is 6.28. The van der Waals surface area contributed by atoms with E-state index in [2.05, 4.69) is 44.6 Å². The third kappa shape index (κ3) is 3.52. The van der Waals surface area contributed by atoms with Gasteiger partial charge >= 0.3 is 0 Å². The lowest BCUT2D eigenvalue weighted by molar-refractivity contribution is 0.0674. The van der Waals surface area contributed by atoms with Gasteiger partial charge in [-0.25, -0.2) is 9.98 Å². The van der Waals surface area contributed by atoms with Gasteiger partial charge < -0.3 is 19.9 Å². The molecule has 0 aliphatic carbocycles. The van der Waals surface area contributed by atoms with Gasteiger partial charge in [-0.3, -0.25) is 0 Å². The van der Waals surface area contributed by atoms with Gasteiger partial charge in [0.2, 0.25) is 0 Å². The van der Waals surface area contributed by atoms with Crippen molar-refractivity contribution in [3.63, 3.8) is 0 Å². The Morgan fingerprint density at radius 1 is 1.36 bits per heavy atom. The van der Waals surface area contributed by atoms with Gasteiger partial charge in [-0.15, -0.1) is 24.0 Å². The quantitative estimate of drug-likeness (QED) is 0.460. The summed E-state index contributed by atoms with van der Waals surface area (Å²) >= 11 is 0. The minimum atomic E-state index is 0. The highest BCUT2D eigenvalue weighted by molar-refractivity contribution is 14.0. The van der Waals surface area contributed by atoms with Crippen molar-refractivity contribution < 1.29 is 4.74 Å². The molecule has 3 rings (SSSR count). The number of halogens is 1. The molecular formula is C15H22IN5O. The molecule has 0 bridgehead atoms. The fraction of sp³-hybridized carbons (Fsp3) is 0.467. The van der Waals surface area contributed by atoms with Crippen LogP contribution in [0.2, 0.25) is 0 Å². The summed E-state index contributed by atoms with van der Waals surface area (Å²) < 4.78 is 7.39. The van der Waals surface area contributed by atoms with E-state index >= 15 is 0 Å². The number of benzene rings is 1. The van der Waals surface area contributed by atoms with Crippen LogP contribution in [0, 0.1) is 6.92 Å². The first-order valence-electron chi connectivity index (χ1n) is 7.20. The fourth-order valence-corrected chi connectivity index (χ4v) is 2.55. The smallest absolute Gasteiger partial charge is 0.191 e. The Morgan fingerprint density at radius 2 is 2.09 bits per heavy atom. The number of hydrogen-bond donors (Lipinski definition) is 1. The number of aryl methyl sites for hydroxylation is 2. The first-order valence-corrected chi connectivity index (χ1v) is 7.20. The normalized spacial score (nSPS) is 15.9. The highest BCUT2D eigenvalue weighted by Gasteiger charge is 2.13. The molecule has 0 saturated carbocycles. The summed E-state index contributed by atoms with van der Waals surface area (Å²) in [4.78, 5) is 11.2. The van der Waals surface area contributed by atoms with E-state index in [0.717, 1.165) is 29.9 Å². The fourth-order valence-electron chi connectivity index (χ4n) is 2.55. The SMILES string of the molecule is Cc1ccc2c(c1)nc(CN=C(N)N1CCOCC1)n2C.I. The number of morpholine rings is 1. The molecule has 6 nitrogen and oxygen atoms in total. The molecule has 22 heavy (non-hydrogen) atoms. The van der Waals surface area contributed by atoms with Crippen LogP contribution in [0.15, 0.2) is 23.2 Å². The summed E-state index contributed by atoms with van der Waals surface area (Å²) in [7, 11) is 2.01. The number of hydrogen-bond acceptors (Lipinski definition) is 3. The van der Waals surface area contributed by atoms with Crippen LogP contribution in [-0.2, 0) is 18.3 Å². The summed E-state index contributed by atoms with van der Waals surface area (Å²) in [5, 5.41) is 0. The Morgan fingerprint density at radius 3 is 2.82 bits per heavy atom. The van der Waals surface area contributed by atoms with Crippen molar-refractivity contribution in [1.82, 2.24) is 14.5 Å². The zero-order valence-corrected chi connectivity index (χ0v) is 15.3. The van der Waals surface area contributed by atoms with Crippen LogP contribution >= 0.6 is 24.0 Å². The average molecular weight is 415 g/mol. The van der Waals surface area contributed by atoms with E-state index in [4.69, 9.17) is 10.5 Å². The number of guanidine groups is 1. The molecule has 1 aromatic carbocycles. The maximum absolute atomic E-state index is 6.05. The van der Waals surface area contributed by atoms with Gasteiger partial charge in [0.05, 0.1) is 24.2 Å². The third-order valence-corrected chi connectivity index (χ3v) is 3.85. The zero-order chi connectivity index (χ0) is 14.8. The summed E-state index contributed by atoms with van der Waals surface area (Å²) in [6.07, 6.45) is 0. The molecule has 1 aromatic heterocycles. The van der Waals surface area contributed by atoms with Crippen molar-refractivity contribution in [3.8, 4) is 0 Å². The van der Waals surface area contributed by atoms with Gasteiger partial charge in [-0.2, -0.15) is 0 Å². The van der Waals surface area contributed by atoms with Gasteiger partial charge in [0.25, 0.3) is 0 Å². The minimum absolute atomic E-state index is 0. The maximum Gasteiger partial charge on any atom is 0.191 e. The number of imidazole rings is 1. The molecule has 0 unspecified atom stereocenters. The van der Waals surface area contributed by atoms with Gasteiger partial charge in [0, 0.05) is 20.1 Å². The molecule has 0 radical (unpaired) electrons. The Labute approximate surface area is 147 Å². The summed E-state index contributed by atoms with van der Waals surface area (Å²) in [6.45, 7) is 5.59. The lowest BCUT2D eigenvalue weighted by Crippen LogP contribution is -2.44. The van der Waals surface area contributed by atoms with Gasteiger partial charge in [0.15, 0.2) is 5.96 Å². The molecule has 0 atom stereocenters. The van der Waals surface area contributed by atoms with Crippen LogP contribution in [-0.4, -0.2) is 46.7 Å². The minimum Gasteiger partial charge on any atom is -0.378 e. The molecule has 7 heteroatoms. The molecule has 1 saturated heterocycles. The molecule has 2 heterocycles. The summed E-state index contributed by atoms with van der Waals surface area (Å²) in [5.41, 5.74) is 9.39. The molecule has 2 aromatic rings. The van der Waals surface area contributed by atoms with E-state index in [-0.39, 0.29) is 24.0 Å². The van der Waals surface area contributed by atoms with Gasteiger partial charge in [0.1, 0.15) is 12.4 Å². The van der Waals surface area contributed by atoms with Crippen LogP contribution in [0.3, 0.4) is 0 Å². The number of aliphatic imine (C=N–C) groups is 1. The largest absolute Gasteiger partial charge is 0.378 e. The molecule has 2 N–H and O–H groups in total. The number of rotatable bonds is 2. The zero-order valence-electron chi connectivity index (χ0n) is 13.0. The Kier molecular flexibility index (Phi) is 5.63. The van der Waals surface area contributed by atoms with E-state index < -0.39 is 0 Å². The molecule has 1 aliphatic heterocycles. The predicted molar refractivity (Wildman–Crippen MR) is 98.6 cm³/mol. The van der Waals surface area contributed by atoms with Crippen LogP contribution < -0.4 is 5.73 Å². The van der Waals surface area contributed by atoms with Crippen molar-refractivity contribution in [2.45, 2.75) is 13.5 Å². The van der Waals surface area contributed by atoms with Crippen LogP contribution in [0.1, 0.15) is 11.4 Å². The lowest BCUT2D eigenvalue weighted by Gasteiger charge is -2.27. The van der Waals surface area contributed by atoms with Crippen molar-refractivity contribution >= 4 is 41.0 Å². The maximum atomic E-state index is 6.05. The van der Waals surface area contributed by atoms with Crippen molar-refractivity contribution in [2.24, 2.45) is 17.8 Å². The number of ether oxygens (including phenoxy) is 1. The molecule has 120 valence electrons. The van der Waals surface area contributed by atoms with E-state index in [9.17, 15) is 0 Å². The van der Waals surface area contributed by atoms with E-state index in [1.165, 1.54) is 5.56 Å². The number of nitrogens with zero attached hydrogens (tertiary/aromatic N) is 4. The molecule has 1 aliphatic rings. The molecule has 0 spiro atoms. The Hall–Kier alpha value is -1.35. The van der Waals surface area contributed by atoms with E-state index in [0.29, 0.717) is 25.7 Å². The van der Waals surface area contributed by atoms with Crippen LogP contribution in [0.4, 0.5) is 0 Å². The number of nitrogens with two attached hydrogens (primary N) is 1. The summed E-state index contributed by atoms with van der Waals surface area (Å²) in [5.74, 6) is 1.49.